The number of nitrogens with one attached hydrogen (secondary N) is 3. The highest BCUT2D eigenvalue weighted by atomic mass is 79.9. The molecule has 3 N–H and O–H groups in total. The van der Waals surface area contributed by atoms with Crippen LogP contribution in [0.1, 0.15) is 81.5 Å². The molecule has 0 unspecified atom stereocenters. The lowest BCUT2D eigenvalue weighted by molar-refractivity contribution is -0.137. The molecule has 10 rings (SSSR count). The molecule has 2 atom stereocenters. The second kappa shape index (κ2) is 20.7. The number of piperazine rings is 1. The van der Waals surface area contributed by atoms with Gasteiger partial charge in [0.15, 0.2) is 0 Å². The molecule has 19 heteroatoms. The second-order valence-electron chi connectivity index (χ2n) is 20.2. The first-order valence-corrected chi connectivity index (χ1v) is 28.8. The number of aromatic nitrogens is 3. The number of fused-ring (bicyclic) bond motifs is 1. The Morgan fingerprint density at radius 1 is 0.847 bits per heavy atom. The quantitative estimate of drug-likeness (QED) is 0.0716. The van der Waals surface area contributed by atoms with Crippen LogP contribution in [0.25, 0.3) is 10.9 Å². The lowest BCUT2D eigenvalue weighted by atomic mass is 9.89. The lowest BCUT2D eigenvalue weighted by Gasteiger charge is -2.44. The molecule has 5 aliphatic rings. The van der Waals surface area contributed by atoms with Gasteiger partial charge < -0.3 is 34.6 Å². The monoisotopic (exact) mass is 1070 g/mol. The number of piperidine rings is 2. The zero-order valence-corrected chi connectivity index (χ0v) is 43.8. The summed E-state index contributed by atoms with van der Waals surface area (Å²) in [5, 5.41) is 10.7. The first-order chi connectivity index (χ1) is 34.6. The zero-order chi connectivity index (χ0) is 50.4. The van der Waals surface area contributed by atoms with E-state index in [9.17, 15) is 18.9 Å². The molecule has 0 bridgehead atoms. The number of amides is 3. The van der Waals surface area contributed by atoms with Crippen LogP contribution in [0.15, 0.2) is 59.2 Å². The highest BCUT2D eigenvalue weighted by Crippen LogP contribution is 2.43. The topological polar surface area (TPSA) is 165 Å². The van der Waals surface area contributed by atoms with Crippen LogP contribution >= 0.6 is 23.1 Å². The first kappa shape index (κ1) is 49.9. The molecule has 0 radical (unpaired) electrons. The molecule has 3 aromatic carbocycles. The van der Waals surface area contributed by atoms with Gasteiger partial charge in [0.2, 0.25) is 23.7 Å². The Labute approximate surface area is 427 Å². The maximum Gasteiger partial charge on any atom is 0.234 e. The minimum atomic E-state index is -2.76. The smallest absolute Gasteiger partial charge is 0.234 e. The number of aryl methyl sites for hydroxylation is 2. The number of benzene rings is 3. The third kappa shape index (κ3) is 10.5. The fourth-order valence-corrected chi connectivity index (χ4v) is 12.7. The molecule has 6 heterocycles. The molecule has 4 saturated heterocycles. The molecular formula is C53H62BrF2N10O5P. The van der Waals surface area contributed by atoms with Crippen molar-refractivity contribution in [3.63, 3.8) is 0 Å². The zero-order valence-electron chi connectivity index (χ0n) is 41.3. The van der Waals surface area contributed by atoms with Crippen LogP contribution in [0.5, 0.6) is 5.75 Å². The lowest BCUT2D eigenvalue weighted by Crippen LogP contribution is -2.55. The van der Waals surface area contributed by atoms with E-state index in [2.05, 4.69) is 72.6 Å². The van der Waals surface area contributed by atoms with Gasteiger partial charge in [-0.15, -0.1) is 0 Å². The number of carbonyl (C=O) groups is 3. The molecule has 3 amide bonds. The molecule has 380 valence electrons. The Bertz CT molecular complexity index is 2950. The second-order valence-corrected chi connectivity index (χ2v) is 24.2. The number of ether oxygens (including phenoxy) is 1. The van der Waals surface area contributed by atoms with Crippen molar-refractivity contribution in [3.05, 3.63) is 87.7 Å². The van der Waals surface area contributed by atoms with Gasteiger partial charge in [0.25, 0.3) is 0 Å². The van der Waals surface area contributed by atoms with Crippen molar-refractivity contribution in [1.29, 1.82) is 0 Å². The molecule has 15 nitrogen and oxygen atoms in total. The van der Waals surface area contributed by atoms with Crippen LogP contribution in [0.2, 0.25) is 0 Å². The molecule has 2 aromatic heterocycles. The van der Waals surface area contributed by atoms with E-state index in [4.69, 9.17) is 14.7 Å². The van der Waals surface area contributed by atoms with Crippen molar-refractivity contribution in [1.82, 2.24) is 30.1 Å². The standard InChI is InChI=1S/C53H62BrF2N10O5P/c1-5-31-25-44(60-53-57-29-39(54)50(62-53)59-43-13-12-42-37(49(43)72(3,4)70)10-7-33(6-2)58-42)46(71-36-8-9-36)28-45(31)64-19-16-34(17-20-64)63-21-23-65(24-22-63)52(69)32-15-18-66(30-32)35-26-40(55)48(41(56)27-35)38-11-14-47(67)61-51(38)68/h7,10,12-13,25-29,32,34,36,38H,5-6,8-9,11,14-24,30H2,1-4H3,(H,61,67,68)(H2,57,59,60,62)/t32-,38-/m1/s1. The number of halogens is 3. The van der Waals surface area contributed by atoms with Crippen molar-refractivity contribution in [2.24, 2.45) is 5.92 Å². The normalized spacial score (nSPS) is 20.3. The van der Waals surface area contributed by atoms with Crippen molar-refractivity contribution in [2.75, 3.05) is 86.1 Å². The van der Waals surface area contributed by atoms with E-state index in [1.54, 1.807) is 19.5 Å². The van der Waals surface area contributed by atoms with Crippen LogP contribution in [-0.4, -0.2) is 120 Å². The third-order valence-electron chi connectivity index (χ3n) is 14.9. The minimum Gasteiger partial charge on any atom is -0.488 e. The summed E-state index contributed by atoms with van der Waals surface area (Å²) >= 11 is 3.65. The fraction of sp³-hybridized carbons (Fsp3) is 0.472. The maximum atomic E-state index is 15.3. The molecule has 4 aliphatic heterocycles. The van der Waals surface area contributed by atoms with E-state index in [1.807, 2.05) is 34.1 Å². The van der Waals surface area contributed by atoms with Gasteiger partial charge in [0.05, 0.1) is 39.3 Å². The van der Waals surface area contributed by atoms with E-state index in [0.29, 0.717) is 66.3 Å². The Kier molecular flexibility index (Phi) is 14.3. The average Bonchev–Trinajstić information content (AvgIpc) is 4.05. The van der Waals surface area contributed by atoms with Gasteiger partial charge in [-0.2, -0.15) is 4.98 Å². The number of imide groups is 1. The van der Waals surface area contributed by atoms with Crippen molar-refractivity contribution < 1.29 is 32.5 Å². The van der Waals surface area contributed by atoms with Gasteiger partial charge in [-0.25, -0.2) is 13.8 Å². The summed E-state index contributed by atoms with van der Waals surface area (Å²) in [4.78, 5) is 60.9. The van der Waals surface area contributed by atoms with Gasteiger partial charge >= 0.3 is 0 Å². The van der Waals surface area contributed by atoms with Gasteiger partial charge in [-0.05, 0) is 123 Å². The van der Waals surface area contributed by atoms with Crippen molar-refractivity contribution >= 4 is 91.5 Å². The van der Waals surface area contributed by atoms with E-state index in [1.165, 1.54) is 23.4 Å². The molecule has 72 heavy (non-hydrogen) atoms. The Hall–Kier alpha value is -5.71. The summed E-state index contributed by atoms with van der Waals surface area (Å²) < 4.78 is 51.7. The summed E-state index contributed by atoms with van der Waals surface area (Å²) in [5.41, 5.74) is 5.67. The number of anilines is 6. The predicted molar refractivity (Wildman–Crippen MR) is 281 cm³/mol. The number of hydrogen-bond donors (Lipinski definition) is 3. The summed E-state index contributed by atoms with van der Waals surface area (Å²) in [6.07, 6.45) is 8.16. The van der Waals surface area contributed by atoms with Gasteiger partial charge in [0, 0.05) is 110 Å². The Morgan fingerprint density at radius 2 is 1.58 bits per heavy atom. The highest BCUT2D eigenvalue weighted by molar-refractivity contribution is 9.10. The third-order valence-corrected chi connectivity index (χ3v) is 17.1. The predicted octanol–water partition coefficient (Wildman–Crippen LogP) is 8.63. The summed E-state index contributed by atoms with van der Waals surface area (Å²) in [6, 6.07) is 15.1. The minimum absolute atomic E-state index is 0.0274. The largest absolute Gasteiger partial charge is 0.488 e. The summed E-state index contributed by atoms with van der Waals surface area (Å²) in [7, 11) is -2.76. The maximum absolute atomic E-state index is 15.3. The van der Waals surface area contributed by atoms with E-state index >= 15 is 8.78 Å². The van der Waals surface area contributed by atoms with E-state index in [0.717, 1.165) is 98.0 Å². The molecule has 5 fully saturated rings. The number of hydrogen-bond acceptors (Lipinski definition) is 13. The van der Waals surface area contributed by atoms with Gasteiger partial charge in [-0.3, -0.25) is 29.6 Å². The first-order valence-electron chi connectivity index (χ1n) is 25.4. The number of pyridine rings is 1. The fourth-order valence-electron chi connectivity index (χ4n) is 10.9. The molecule has 1 aliphatic carbocycles. The summed E-state index contributed by atoms with van der Waals surface area (Å²) in [5.74, 6) is -2.35. The molecule has 5 aromatic rings. The van der Waals surface area contributed by atoms with Crippen molar-refractivity contribution in [2.45, 2.75) is 89.7 Å². The molecule has 1 saturated carbocycles. The average molecular weight is 1070 g/mol. The number of carbonyl (C=O) groups excluding carboxylic acids is 3. The number of nitrogens with zero attached hydrogens (tertiary/aromatic N) is 7. The van der Waals surface area contributed by atoms with Crippen LogP contribution in [0, 0.1) is 17.6 Å². The van der Waals surface area contributed by atoms with E-state index < -0.39 is 36.5 Å². The molecule has 0 spiro atoms. The van der Waals surface area contributed by atoms with E-state index in [-0.39, 0.29) is 36.3 Å². The summed E-state index contributed by atoms with van der Waals surface area (Å²) in [6.45, 7) is 13.3. The van der Waals surface area contributed by atoms with Gasteiger partial charge in [0.1, 0.15) is 30.3 Å². The van der Waals surface area contributed by atoms with Gasteiger partial charge in [-0.1, -0.05) is 19.9 Å². The van der Waals surface area contributed by atoms with Crippen LogP contribution in [0.4, 0.5) is 43.3 Å². The van der Waals surface area contributed by atoms with Crippen LogP contribution in [-0.2, 0) is 31.8 Å². The molecular weight excluding hydrogens is 1010 g/mol. The Morgan fingerprint density at radius 3 is 2.26 bits per heavy atom. The van der Waals surface area contributed by atoms with Crippen molar-refractivity contribution in [3.8, 4) is 5.75 Å². The van der Waals surface area contributed by atoms with Crippen LogP contribution in [0.3, 0.4) is 0 Å². The number of rotatable bonds is 14. The van der Waals surface area contributed by atoms with Crippen LogP contribution < -0.4 is 35.8 Å². The SMILES string of the molecule is CCc1ccc2c(P(C)(C)=O)c(Nc3nc(Nc4cc(CC)c(N5CCC(N6CCN(C(=O)[C@@H]7CCN(c8cc(F)c([C@H]9CCC(=O)NC9=O)c(F)c8)C7)CC6)CC5)cc4OC4CC4)ncc3Br)ccc2n1. The Balaban J connectivity index is 0.761. The highest BCUT2D eigenvalue weighted by Gasteiger charge is 2.37.